The number of hydrogen-bond acceptors (Lipinski definition) is 5. The van der Waals surface area contributed by atoms with Gasteiger partial charge in [0.05, 0.1) is 23.7 Å². The molecule has 206 valence electrons. The van der Waals surface area contributed by atoms with E-state index in [1.165, 1.54) is 6.07 Å². The van der Waals surface area contributed by atoms with Gasteiger partial charge in [0.15, 0.2) is 0 Å². The number of anilines is 1. The molecule has 3 rings (SSSR count). The third kappa shape index (κ3) is 7.68. The van der Waals surface area contributed by atoms with E-state index in [0.29, 0.717) is 61.9 Å². The molecule has 0 spiro atoms. The third-order valence-electron chi connectivity index (χ3n) is 5.95. The van der Waals surface area contributed by atoms with Gasteiger partial charge >= 0.3 is 24.3 Å². The lowest BCUT2D eigenvalue weighted by atomic mass is 9.86. The minimum absolute atomic E-state index is 0.0174. The SMILES string of the molecule is CCOC(=O)C1CCC(Nc2cccc(Sc3ccc(C=CC(=O)O)c(C(F)(F)F)c3C(F)(F)F)c2)CC1. The topological polar surface area (TPSA) is 75.6 Å². The number of halogens is 6. The highest BCUT2D eigenvalue weighted by Gasteiger charge is 2.46. The van der Waals surface area contributed by atoms with Gasteiger partial charge in [-0.15, -0.1) is 0 Å². The van der Waals surface area contributed by atoms with Gasteiger partial charge in [0.2, 0.25) is 0 Å². The first-order chi connectivity index (χ1) is 17.8. The lowest BCUT2D eigenvalue weighted by molar-refractivity contribution is -0.163. The molecule has 2 aromatic carbocycles. The highest BCUT2D eigenvalue weighted by Crippen LogP contribution is 2.48. The van der Waals surface area contributed by atoms with Crippen LogP contribution in [-0.2, 0) is 26.7 Å². The lowest BCUT2D eigenvalue weighted by Gasteiger charge is -2.28. The molecule has 38 heavy (non-hydrogen) atoms. The van der Waals surface area contributed by atoms with Crippen LogP contribution in [0.2, 0.25) is 0 Å². The summed E-state index contributed by atoms with van der Waals surface area (Å²) in [5.74, 6) is -2.00. The number of carbonyl (C=O) groups excluding carboxylic acids is 1. The van der Waals surface area contributed by atoms with Crippen molar-refractivity contribution >= 4 is 35.5 Å². The predicted octanol–water partition coefficient (Wildman–Crippen LogP) is 7.51. The van der Waals surface area contributed by atoms with Crippen LogP contribution in [0.15, 0.2) is 52.3 Å². The summed E-state index contributed by atoms with van der Waals surface area (Å²) >= 11 is 0.529. The number of carboxylic acids is 1. The summed E-state index contributed by atoms with van der Waals surface area (Å²) in [6.45, 7) is 2.05. The zero-order valence-electron chi connectivity index (χ0n) is 20.2. The van der Waals surface area contributed by atoms with Crippen LogP contribution < -0.4 is 5.32 Å². The van der Waals surface area contributed by atoms with Crippen molar-refractivity contribution in [2.24, 2.45) is 5.92 Å². The van der Waals surface area contributed by atoms with Gasteiger partial charge in [-0.25, -0.2) is 4.79 Å². The molecule has 1 aliphatic carbocycles. The summed E-state index contributed by atoms with van der Waals surface area (Å²) < 4.78 is 88.3. The molecule has 0 aliphatic heterocycles. The number of alkyl halides is 6. The van der Waals surface area contributed by atoms with Crippen LogP contribution in [0.3, 0.4) is 0 Å². The molecule has 1 saturated carbocycles. The second-order valence-electron chi connectivity index (χ2n) is 8.64. The van der Waals surface area contributed by atoms with E-state index in [9.17, 15) is 35.9 Å². The number of benzene rings is 2. The standard InChI is InChI=1S/C26H25F6NO4S/c1-2-37-24(36)16-6-10-17(11-7-16)33-18-4-3-5-19(14-18)38-20-12-8-15(9-13-21(34)35)22(25(27,28)29)23(20)26(30,31)32/h3-5,8-9,12-14,16-17,33H,2,6-7,10-11H2,1H3,(H,34,35). The summed E-state index contributed by atoms with van der Waals surface area (Å²) in [6, 6.07) is 8.06. The summed E-state index contributed by atoms with van der Waals surface area (Å²) in [7, 11) is 0. The maximum atomic E-state index is 13.9. The van der Waals surface area contributed by atoms with Crippen LogP contribution in [0.5, 0.6) is 0 Å². The quantitative estimate of drug-likeness (QED) is 0.197. The molecule has 0 radical (unpaired) electrons. The second-order valence-corrected chi connectivity index (χ2v) is 9.76. The zero-order chi connectivity index (χ0) is 28.1. The molecule has 0 atom stereocenters. The first-order valence-electron chi connectivity index (χ1n) is 11.7. The van der Waals surface area contributed by atoms with Gasteiger partial charge in [-0.1, -0.05) is 23.9 Å². The second kappa shape index (κ2) is 12.1. The van der Waals surface area contributed by atoms with Gasteiger partial charge in [-0.05, 0) is 68.5 Å². The Morgan fingerprint density at radius 3 is 2.26 bits per heavy atom. The molecule has 1 fully saturated rings. The van der Waals surface area contributed by atoms with Crippen LogP contribution in [0.1, 0.15) is 49.3 Å². The molecule has 2 N–H and O–H groups in total. The fraction of sp³-hybridized carbons (Fsp3) is 0.385. The van der Waals surface area contributed by atoms with Crippen LogP contribution in [0.4, 0.5) is 32.0 Å². The molecule has 0 saturated heterocycles. The Hall–Kier alpha value is -3.15. The fourth-order valence-corrected chi connectivity index (χ4v) is 5.36. The van der Waals surface area contributed by atoms with E-state index in [0.717, 1.165) is 12.1 Å². The van der Waals surface area contributed by atoms with E-state index in [1.807, 2.05) is 0 Å². The Labute approximate surface area is 219 Å². The molecular formula is C26H25F6NO4S. The molecule has 5 nitrogen and oxygen atoms in total. The Morgan fingerprint density at radius 2 is 1.68 bits per heavy atom. The molecular weight excluding hydrogens is 536 g/mol. The van der Waals surface area contributed by atoms with E-state index >= 15 is 0 Å². The first-order valence-corrected chi connectivity index (χ1v) is 12.5. The number of esters is 1. The van der Waals surface area contributed by atoms with Crippen molar-refractivity contribution in [3.8, 4) is 0 Å². The number of hydrogen-bond donors (Lipinski definition) is 2. The van der Waals surface area contributed by atoms with Gasteiger partial charge in [0.25, 0.3) is 0 Å². The maximum Gasteiger partial charge on any atom is 0.418 e. The van der Waals surface area contributed by atoms with Crippen LogP contribution in [0.25, 0.3) is 6.08 Å². The molecule has 0 heterocycles. The van der Waals surface area contributed by atoms with E-state index in [2.05, 4.69) is 5.32 Å². The minimum Gasteiger partial charge on any atom is -0.478 e. The van der Waals surface area contributed by atoms with Crippen molar-refractivity contribution < 1.29 is 45.8 Å². The predicted molar refractivity (Wildman–Crippen MR) is 130 cm³/mol. The summed E-state index contributed by atoms with van der Waals surface area (Å²) in [5.41, 5.74) is -4.14. The van der Waals surface area contributed by atoms with Gasteiger partial charge < -0.3 is 15.2 Å². The largest absolute Gasteiger partial charge is 0.478 e. The first kappa shape index (κ1) is 29.4. The number of ether oxygens (including phenoxy) is 1. The van der Waals surface area contributed by atoms with Crippen molar-refractivity contribution in [2.45, 2.75) is 60.8 Å². The van der Waals surface area contributed by atoms with Crippen molar-refractivity contribution in [3.63, 3.8) is 0 Å². The van der Waals surface area contributed by atoms with Crippen LogP contribution >= 0.6 is 11.8 Å². The normalized spacial score (nSPS) is 18.4. The van der Waals surface area contributed by atoms with E-state index < -0.39 is 39.9 Å². The number of aliphatic carboxylic acids is 1. The molecule has 0 unspecified atom stereocenters. The highest BCUT2D eigenvalue weighted by atomic mass is 32.2. The molecule has 1 aliphatic rings. The van der Waals surface area contributed by atoms with Crippen molar-refractivity contribution in [2.75, 3.05) is 11.9 Å². The van der Waals surface area contributed by atoms with Crippen LogP contribution in [0, 0.1) is 5.92 Å². The Kier molecular flexibility index (Phi) is 9.40. The highest BCUT2D eigenvalue weighted by molar-refractivity contribution is 7.99. The van der Waals surface area contributed by atoms with E-state index in [-0.39, 0.29) is 22.8 Å². The fourth-order valence-electron chi connectivity index (χ4n) is 4.32. The average Bonchev–Trinajstić information content (AvgIpc) is 2.82. The monoisotopic (exact) mass is 561 g/mol. The number of nitrogens with one attached hydrogen (secondary N) is 1. The maximum absolute atomic E-state index is 13.9. The molecule has 12 heteroatoms. The third-order valence-corrected chi connectivity index (χ3v) is 7.00. The van der Waals surface area contributed by atoms with Crippen LogP contribution in [-0.4, -0.2) is 29.7 Å². The van der Waals surface area contributed by atoms with Crippen molar-refractivity contribution in [1.82, 2.24) is 0 Å². The average molecular weight is 562 g/mol. The Bertz CT molecular complexity index is 1190. The summed E-state index contributed by atoms with van der Waals surface area (Å²) in [5, 5.41) is 12.0. The van der Waals surface area contributed by atoms with E-state index in [4.69, 9.17) is 9.84 Å². The van der Waals surface area contributed by atoms with Gasteiger partial charge in [-0.3, -0.25) is 4.79 Å². The smallest absolute Gasteiger partial charge is 0.418 e. The van der Waals surface area contributed by atoms with Gasteiger partial charge in [0, 0.05) is 27.6 Å². The van der Waals surface area contributed by atoms with Crippen molar-refractivity contribution in [1.29, 1.82) is 0 Å². The summed E-state index contributed by atoms with van der Waals surface area (Å²) in [4.78, 5) is 22.3. The van der Waals surface area contributed by atoms with E-state index in [1.54, 1.807) is 25.1 Å². The number of rotatable bonds is 8. The number of carbonyl (C=O) groups is 2. The lowest BCUT2D eigenvalue weighted by Crippen LogP contribution is -2.30. The van der Waals surface area contributed by atoms with Gasteiger partial charge in [0.1, 0.15) is 0 Å². The Balaban J connectivity index is 1.86. The van der Waals surface area contributed by atoms with Gasteiger partial charge in [-0.2, -0.15) is 26.3 Å². The molecule has 0 bridgehead atoms. The molecule has 0 aromatic heterocycles. The summed E-state index contributed by atoms with van der Waals surface area (Å²) in [6.07, 6.45) is -7.27. The minimum atomic E-state index is -5.38. The number of carboxylic acid groups (broad SMARTS) is 1. The molecule has 2 aromatic rings. The zero-order valence-corrected chi connectivity index (χ0v) is 21.0. The Morgan fingerprint density at radius 1 is 1.03 bits per heavy atom. The van der Waals surface area contributed by atoms with Crippen molar-refractivity contribution in [3.05, 3.63) is 59.2 Å². The molecule has 0 amide bonds.